The Hall–Kier alpha value is -0.860. The summed E-state index contributed by atoms with van der Waals surface area (Å²) in [4.78, 5) is 2.52. The summed E-state index contributed by atoms with van der Waals surface area (Å²) in [7, 11) is 0. The van der Waals surface area contributed by atoms with Gasteiger partial charge in [0, 0.05) is 25.7 Å². The molecule has 3 unspecified atom stereocenters. The Bertz CT molecular complexity index is 326. The van der Waals surface area contributed by atoms with Crippen LogP contribution in [0.2, 0.25) is 0 Å². The van der Waals surface area contributed by atoms with Gasteiger partial charge in [0.25, 0.3) is 0 Å². The van der Waals surface area contributed by atoms with Gasteiger partial charge in [0.2, 0.25) is 0 Å². The minimum absolute atomic E-state index is 0.259. The fourth-order valence-corrected chi connectivity index (χ4v) is 2.71. The Morgan fingerprint density at radius 1 is 1.18 bits per heavy atom. The Balaban J connectivity index is 1.80. The monoisotopic (exact) mass is 232 g/mol. The molecule has 2 nitrogen and oxygen atoms in total. The van der Waals surface area contributed by atoms with Crippen LogP contribution in [0.25, 0.3) is 0 Å². The van der Waals surface area contributed by atoms with Gasteiger partial charge in [-0.3, -0.25) is 0 Å². The molecule has 2 N–H and O–H groups in total. The molecule has 1 aromatic rings. The fraction of sp³-hybridized carbons (Fsp3) is 0.600. The molecule has 0 spiro atoms. The van der Waals surface area contributed by atoms with Crippen molar-refractivity contribution in [3.63, 3.8) is 0 Å². The molecular formula is C15H24N2. The average Bonchev–Trinajstić information content (AvgIpc) is 2.59. The van der Waals surface area contributed by atoms with E-state index in [1.54, 1.807) is 0 Å². The summed E-state index contributed by atoms with van der Waals surface area (Å²) < 4.78 is 0. The Morgan fingerprint density at radius 3 is 2.35 bits per heavy atom. The second-order valence-corrected chi connectivity index (χ2v) is 5.62. The number of hydrogen-bond acceptors (Lipinski definition) is 2. The molecule has 1 aliphatic heterocycles. The summed E-state index contributed by atoms with van der Waals surface area (Å²) in [6.45, 7) is 8.14. The van der Waals surface area contributed by atoms with Crippen LogP contribution in [0.1, 0.15) is 19.4 Å². The predicted molar refractivity (Wildman–Crippen MR) is 72.9 cm³/mol. The second kappa shape index (κ2) is 5.65. The van der Waals surface area contributed by atoms with Crippen molar-refractivity contribution in [3.05, 3.63) is 35.9 Å². The summed E-state index contributed by atoms with van der Waals surface area (Å²) in [5.41, 5.74) is 7.58. The third kappa shape index (κ3) is 3.55. The molecule has 1 heterocycles. The smallest absolute Gasteiger partial charge is 0.0208 e. The van der Waals surface area contributed by atoms with Crippen molar-refractivity contribution in [1.82, 2.24) is 4.90 Å². The van der Waals surface area contributed by atoms with E-state index in [9.17, 15) is 0 Å². The van der Waals surface area contributed by atoms with Crippen LogP contribution in [0.3, 0.4) is 0 Å². The summed E-state index contributed by atoms with van der Waals surface area (Å²) in [5, 5.41) is 0. The van der Waals surface area contributed by atoms with Gasteiger partial charge in [0.15, 0.2) is 0 Å². The van der Waals surface area contributed by atoms with E-state index in [1.165, 1.54) is 18.7 Å². The van der Waals surface area contributed by atoms with Crippen LogP contribution in [0.5, 0.6) is 0 Å². The first-order chi connectivity index (χ1) is 8.15. The molecule has 0 amide bonds. The molecule has 0 radical (unpaired) electrons. The number of rotatable bonds is 4. The zero-order valence-corrected chi connectivity index (χ0v) is 11.0. The first-order valence-corrected chi connectivity index (χ1v) is 6.67. The van der Waals surface area contributed by atoms with Crippen LogP contribution in [0.15, 0.2) is 30.3 Å². The maximum atomic E-state index is 6.23. The molecule has 2 rings (SSSR count). The van der Waals surface area contributed by atoms with Crippen molar-refractivity contribution < 1.29 is 0 Å². The SMILES string of the molecule is CC1CN(CC(N)Cc2ccccc2)CC1C. The van der Waals surface area contributed by atoms with Gasteiger partial charge >= 0.3 is 0 Å². The van der Waals surface area contributed by atoms with Crippen LogP contribution in [0, 0.1) is 11.8 Å². The third-order valence-electron chi connectivity index (χ3n) is 3.90. The lowest BCUT2D eigenvalue weighted by Crippen LogP contribution is -2.37. The summed E-state index contributed by atoms with van der Waals surface area (Å²) in [6.07, 6.45) is 0.986. The lowest BCUT2D eigenvalue weighted by molar-refractivity contribution is 0.300. The number of likely N-dealkylation sites (tertiary alicyclic amines) is 1. The topological polar surface area (TPSA) is 29.3 Å². The normalized spacial score (nSPS) is 27.2. The molecule has 17 heavy (non-hydrogen) atoms. The van der Waals surface area contributed by atoms with Gasteiger partial charge in [0.1, 0.15) is 0 Å². The summed E-state index contributed by atoms with van der Waals surface area (Å²) >= 11 is 0. The Morgan fingerprint density at radius 2 is 1.76 bits per heavy atom. The molecule has 94 valence electrons. The van der Waals surface area contributed by atoms with E-state index in [2.05, 4.69) is 49.1 Å². The van der Waals surface area contributed by atoms with Crippen molar-refractivity contribution in [2.24, 2.45) is 17.6 Å². The van der Waals surface area contributed by atoms with Gasteiger partial charge in [-0.1, -0.05) is 44.2 Å². The van der Waals surface area contributed by atoms with Gasteiger partial charge in [-0.25, -0.2) is 0 Å². The first-order valence-electron chi connectivity index (χ1n) is 6.67. The van der Waals surface area contributed by atoms with Gasteiger partial charge < -0.3 is 10.6 Å². The van der Waals surface area contributed by atoms with Crippen molar-refractivity contribution in [2.45, 2.75) is 26.3 Å². The molecule has 1 saturated heterocycles. The van der Waals surface area contributed by atoms with Gasteiger partial charge in [0.05, 0.1) is 0 Å². The molecule has 0 bridgehead atoms. The highest BCUT2D eigenvalue weighted by Gasteiger charge is 2.26. The van der Waals surface area contributed by atoms with Crippen LogP contribution >= 0.6 is 0 Å². The van der Waals surface area contributed by atoms with E-state index in [-0.39, 0.29) is 6.04 Å². The fourth-order valence-electron chi connectivity index (χ4n) is 2.71. The Kier molecular flexibility index (Phi) is 4.19. The standard InChI is InChI=1S/C15H24N2/c1-12-9-17(10-13(12)2)11-15(16)8-14-6-4-3-5-7-14/h3-7,12-13,15H,8-11,16H2,1-2H3. The minimum Gasteiger partial charge on any atom is -0.326 e. The maximum Gasteiger partial charge on any atom is 0.0208 e. The maximum absolute atomic E-state index is 6.23. The lowest BCUT2D eigenvalue weighted by Gasteiger charge is -2.20. The summed E-state index contributed by atoms with van der Waals surface area (Å²) in [5.74, 6) is 1.64. The van der Waals surface area contributed by atoms with E-state index in [0.29, 0.717) is 0 Å². The molecule has 1 fully saturated rings. The highest BCUT2D eigenvalue weighted by molar-refractivity contribution is 5.15. The van der Waals surface area contributed by atoms with E-state index in [4.69, 9.17) is 5.73 Å². The van der Waals surface area contributed by atoms with Gasteiger partial charge in [-0.15, -0.1) is 0 Å². The van der Waals surface area contributed by atoms with E-state index in [1.807, 2.05) is 0 Å². The van der Waals surface area contributed by atoms with Crippen molar-refractivity contribution in [1.29, 1.82) is 0 Å². The van der Waals surface area contributed by atoms with Crippen LogP contribution in [0.4, 0.5) is 0 Å². The van der Waals surface area contributed by atoms with Gasteiger partial charge in [-0.2, -0.15) is 0 Å². The predicted octanol–water partition coefficient (Wildman–Crippen LogP) is 2.14. The number of nitrogens with two attached hydrogens (primary N) is 1. The number of nitrogens with zero attached hydrogens (tertiary/aromatic N) is 1. The molecule has 2 heteroatoms. The number of benzene rings is 1. The molecule has 1 aromatic carbocycles. The molecule has 0 saturated carbocycles. The van der Waals surface area contributed by atoms with Crippen LogP contribution < -0.4 is 5.73 Å². The molecular weight excluding hydrogens is 208 g/mol. The molecule has 3 atom stereocenters. The molecule has 0 aliphatic carbocycles. The van der Waals surface area contributed by atoms with Gasteiger partial charge in [-0.05, 0) is 23.8 Å². The lowest BCUT2D eigenvalue weighted by atomic mass is 10.0. The van der Waals surface area contributed by atoms with E-state index in [0.717, 1.165) is 24.8 Å². The largest absolute Gasteiger partial charge is 0.326 e. The second-order valence-electron chi connectivity index (χ2n) is 5.62. The van der Waals surface area contributed by atoms with Crippen molar-refractivity contribution >= 4 is 0 Å². The van der Waals surface area contributed by atoms with E-state index >= 15 is 0 Å². The molecule has 0 aromatic heterocycles. The van der Waals surface area contributed by atoms with Crippen LogP contribution in [-0.2, 0) is 6.42 Å². The van der Waals surface area contributed by atoms with Crippen molar-refractivity contribution in [2.75, 3.05) is 19.6 Å². The van der Waals surface area contributed by atoms with Crippen LogP contribution in [-0.4, -0.2) is 30.6 Å². The zero-order chi connectivity index (χ0) is 12.3. The first kappa shape index (κ1) is 12.6. The highest BCUT2D eigenvalue weighted by atomic mass is 15.2. The quantitative estimate of drug-likeness (QED) is 0.862. The zero-order valence-electron chi connectivity index (χ0n) is 11.0. The summed E-state index contributed by atoms with van der Waals surface area (Å²) in [6, 6.07) is 10.8. The number of hydrogen-bond donors (Lipinski definition) is 1. The van der Waals surface area contributed by atoms with Crippen molar-refractivity contribution in [3.8, 4) is 0 Å². The Labute approximate surface area is 105 Å². The molecule has 1 aliphatic rings. The highest BCUT2D eigenvalue weighted by Crippen LogP contribution is 2.22. The third-order valence-corrected chi connectivity index (χ3v) is 3.90. The average molecular weight is 232 g/mol. The van der Waals surface area contributed by atoms with E-state index < -0.39 is 0 Å². The minimum atomic E-state index is 0.259.